The molecule has 0 saturated heterocycles. The van der Waals surface area contributed by atoms with Crippen LogP contribution >= 0.6 is 0 Å². The van der Waals surface area contributed by atoms with Crippen molar-refractivity contribution in [2.75, 3.05) is 0 Å². The van der Waals surface area contributed by atoms with E-state index in [1.54, 1.807) is 12.1 Å². The fourth-order valence-electron chi connectivity index (χ4n) is 2.80. The highest BCUT2D eigenvalue weighted by Gasteiger charge is 2.33. The second-order valence-corrected chi connectivity index (χ2v) is 6.22. The lowest BCUT2D eigenvalue weighted by molar-refractivity contribution is 0.0697. The number of hydrogen-bond donors (Lipinski definition) is 1. The maximum Gasteiger partial charge on any atom is 0.335 e. The van der Waals surface area contributed by atoms with Crippen molar-refractivity contribution in [1.82, 2.24) is 9.55 Å². The van der Waals surface area contributed by atoms with Crippen molar-refractivity contribution in [3.8, 4) is 0 Å². The van der Waals surface area contributed by atoms with Gasteiger partial charge in [-0.05, 0) is 36.5 Å². The average molecular weight is 272 g/mol. The summed E-state index contributed by atoms with van der Waals surface area (Å²) in [6, 6.07) is 5.24. The third kappa shape index (κ3) is 2.19. The molecule has 106 valence electrons. The topological polar surface area (TPSA) is 55.1 Å². The molecular weight excluding hydrogens is 252 g/mol. The zero-order valence-electron chi connectivity index (χ0n) is 12.1. The molecule has 1 aromatic carbocycles. The molecule has 1 saturated carbocycles. The van der Waals surface area contributed by atoms with Crippen LogP contribution in [-0.4, -0.2) is 20.6 Å². The number of benzene rings is 1. The van der Waals surface area contributed by atoms with Crippen molar-refractivity contribution >= 4 is 17.0 Å². The molecule has 3 rings (SSSR count). The van der Waals surface area contributed by atoms with Crippen molar-refractivity contribution in [3.63, 3.8) is 0 Å². The van der Waals surface area contributed by atoms with E-state index < -0.39 is 5.97 Å². The Hall–Kier alpha value is -1.84. The highest BCUT2D eigenvalue weighted by Crippen LogP contribution is 2.40. The lowest BCUT2D eigenvalue weighted by Crippen LogP contribution is -2.07. The van der Waals surface area contributed by atoms with Crippen molar-refractivity contribution < 1.29 is 9.90 Å². The molecule has 1 N–H and O–H groups in total. The smallest absolute Gasteiger partial charge is 0.335 e. The molecule has 1 fully saturated rings. The van der Waals surface area contributed by atoms with Crippen LogP contribution in [0.3, 0.4) is 0 Å². The minimum atomic E-state index is -0.900. The zero-order chi connectivity index (χ0) is 14.4. The molecule has 1 aliphatic carbocycles. The molecule has 2 unspecified atom stereocenters. The van der Waals surface area contributed by atoms with Gasteiger partial charge in [-0.25, -0.2) is 9.78 Å². The van der Waals surface area contributed by atoms with Crippen LogP contribution in [0.15, 0.2) is 18.2 Å². The van der Waals surface area contributed by atoms with Crippen LogP contribution in [0.4, 0.5) is 0 Å². The normalized spacial score (nSPS) is 21.6. The van der Waals surface area contributed by atoms with Gasteiger partial charge in [0.2, 0.25) is 0 Å². The molecule has 1 aromatic heterocycles. The molecule has 0 amide bonds. The van der Waals surface area contributed by atoms with Crippen LogP contribution in [0.25, 0.3) is 11.0 Å². The Kier molecular flexibility index (Phi) is 3.04. The van der Waals surface area contributed by atoms with Crippen LogP contribution in [-0.2, 0) is 6.54 Å². The average Bonchev–Trinajstić information content (AvgIpc) is 2.96. The van der Waals surface area contributed by atoms with Gasteiger partial charge in [0.15, 0.2) is 0 Å². The van der Waals surface area contributed by atoms with Crippen LogP contribution in [0.1, 0.15) is 49.3 Å². The van der Waals surface area contributed by atoms with Gasteiger partial charge in [0.25, 0.3) is 0 Å². The van der Waals surface area contributed by atoms with Crippen LogP contribution in [0.5, 0.6) is 0 Å². The number of aromatic carboxylic acids is 1. The SMILES string of the molecule is CC(C)c1nc2cc(C(=O)O)ccc2n1CC1CC1C. The summed E-state index contributed by atoms with van der Waals surface area (Å²) in [4.78, 5) is 15.7. The highest BCUT2D eigenvalue weighted by molar-refractivity contribution is 5.92. The quantitative estimate of drug-likeness (QED) is 0.926. The molecule has 1 heterocycles. The highest BCUT2D eigenvalue weighted by atomic mass is 16.4. The lowest BCUT2D eigenvalue weighted by atomic mass is 10.2. The first-order chi connectivity index (χ1) is 9.47. The fourth-order valence-corrected chi connectivity index (χ4v) is 2.80. The third-order valence-electron chi connectivity index (χ3n) is 4.23. The van der Waals surface area contributed by atoms with Gasteiger partial charge in [-0.1, -0.05) is 20.8 Å². The monoisotopic (exact) mass is 272 g/mol. The standard InChI is InChI=1S/C16H20N2O2/c1-9(2)15-17-13-7-11(16(19)20)4-5-14(13)18(15)8-12-6-10(12)3/h4-5,7,9-10,12H,6,8H2,1-3H3,(H,19,20). The maximum absolute atomic E-state index is 11.1. The van der Waals surface area contributed by atoms with Gasteiger partial charge >= 0.3 is 5.97 Å². The van der Waals surface area contributed by atoms with E-state index in [0.29, 0.717) is 11.5 Å². The number of fused-ring (bicyclic) bond motifs is 1. The Labute approximate surface area is 118 Å². The minimum absolute atomic E-state index is 0.303. The van der Waals surface area contributed by atoms with Crippen LogP contribution < -0.4 is 0 Å². The van der Waals surface area contributed by atoms with E-state index in [0.717, 1.165) is 35.2 Å². The summed E-state index contributed by atoms with van der Waals surface area (Å²) in [5, 5.41) is 9.09. The van der Waals surface area contributed by atoms with Gasteiger partial charge in [-0.3, -0.25) is 0 Å². The molecule has 0 spiro atoms. The molecule has 2 atom stereocenters. The largest absolute Gasteiger partial charge is 0.478 e. The first-order valence-corrected chi connectivity index (χ1v) is 7.21. The molecule has 0 radical (unpaired) electrons. The van der Waals surface area contributed by atoms with Gasteiger partial charge in [-0.15, -0.1) is 0 Å². The molecule has 1 aliphatic rings. The lowest BCUT2D eigenvalue weighted by Gasteiger charge is -2.11. The van der Waals surface area contributed by atoms with Gasteiger partial charge in [0.1, 0.15) is 5.82 Å². The summed E-state index contributed by atoms with van der Waals surface area (Å²) < 4.78 is 2.28. The molecule has 2 aromatic rings. The van der Waals surface area contributed by atoms with E-state index in [1.807, 2.05) is 6.07 Å². The second-order valence-electron chi connectivity index (χ2n) is 6.22. The number of nitrogens with zero attached hydrogens (tertiary/aromatic N) is 2. The van der Waals surface area contributed by atoms with Crippen molar-refractivity contribution in [3.05, 3.63) is 29.6 Å². The zero-order valence-corrected chi connectivity index (χ0v) is 12.1. The summed E-state index contributed by atoms with van der Waals surface area (Å²) in [5.74, 6) is 2.03. The Morgan fingerprint density at radius 1 is 1.50 bits per heavy atom. The molecule has 20 heavy (non-hydrogen) atoms. The van der Waals surface area contributed by atoms with E-state index in [-0.39, 0.29) is 0 Å². The maximum atomic E-state index is 11.1. The van der Waals surface area contributed by atoms with Gasteiger partial charge in [-0.2, -0.15) is 0 Å². The van der Waals surface area contributed by atoms with Gasteiger partial charge in [0.05, 0.1) is 16.6 Å². The second kappa shape index (κ2) is 4.62. The number of carboxylic acids is 1. The van der Waals surface area contributed by atoms with E-state index in [1.165, 1.54) is 6.42 Å². The summed E-state index contributed by atoms with van der Waals surface area (Å²) in [6.07, 6.45) is 1.28. The molecule has 0 bridgehead atoms. The summed E-state index contributed by atoms with van der Waals surface area (Å²) in [7, 11) is 0. The number of aromatic nitrogens is 2. The number of carboxylic acid groups (broad SMARTS) is 1. The number of imidazole rings is 1. The fraction of sp³-hybridized carbons (Fsp3) is 0.500. The number of rotatable bonds is 4. The van der Waals surface area contributed by atoms with Gasteiger partial charge in [0, 0.05) is 12.5 Å². The van der Waals surface area contributed by atoms with E-state index in [9.17, 15) is 4.79 Å². The van der Waals surface area contributed by atoms with Crippen molar-refractivity contribution in [2.45, 2.75) is 39.7 Å². The molecule has 4 heteroatoms. The molecular formula is C16H20N2O2. The summed E-state index contributed by atoms with van der Waals surface area (Å²) in [5.41, 5.74) is 2.15. The molecule has 4 nitrogen and oxygen atoms in total. The Bertz CT molecular complexity index is 672. The Balaban J connectivity index is 2.09. The minimum Gasteiger partial charge on any atom is -0.478 e. The third-order valence-corrected chi connectivity index (χ3v) is 4.23. The molecule has 0 aliphatic heterocycles. The predicted octanol–water partition coefficient (Wildman–Crippen LogP) is 3.51. The van der Waals surface area contributed by atoms with Crippen LogP contribution in [0.2, 0.25) is 0 Å². The van der Waals surface area contributed by atoms with E-state index >= 15 is 0 Å². The Morgan fingerprint density at radius 2 is 2.20 bits per heavy atom. The first-order valence-electron chi connectivity index (χ1n) is 7.21. The number of hydrogen-bond acceptors (Lipinski definition) is 2. The number of carbonyl (C=O) groups is 1. The van der Waals surface area contributed by atoms with Gasteiger partial charge < -0.3 is 9.67 Å². The van der Waals surface area contributed by atoms with Crippen LogP contribution in [0, 0.1) is 11.8 Å². The summed E-state index contributed by atoms with van der Waals surface area (Å²) >= 11 is 0. The first kappa shape index (κ1) is 13.2. The Morgan fingerprint density at radius 3 is 2.75 bits per heavy atom. The van der Waals surface area contributed by atoms with E-state index in [2.05, 4.69) is 30.3 Å². The van der Waals surface area contributed by atoms with E-state index in [4.69, 9.17) is 5.11 Å². The summed E-state index contributed by atoms with van der Waals surface area (Å²) in [6.45, 7) is 7.54. The predicted molar refractivity (Wildman–Crippen MR) is 78.1 cm³/mol. The van der Waals surface area contributed by atoms with Crippen molar-refractivity contribution in [2.24, 2.45) is 11.8 Å². The van der Waals surface area contributed by atoms with Crippen molar-refractivity contribution in [1.29, 1.82) is 0 Å².